The summed E-state index contributed by atoms with van der Waals surface area (Å²) in [4.78, 5) is 11.7. The number of hydrogen-bond acceptors (Lipinski definition) is 2. The molecule has 0 N–H and O–H groups in total. The van der Waals surface area contributed by atoms with Gasteiger partial charge in [-0.1, -0.05) is 28.1 Å². The number of hydrogen-bond donors (Lipinski definition) is 0. The first-order valence-electron chi connectivity index (χ1n) is 5.43. The predicted molar refractivity (Wildman–Crippen MR) is 70.3 cm³/mol. The zero-order valence-electron chi connectivity index (χ0n) is 9.70. The number of Topliss-reactive ketones (excluding diaryl/α,β-unsaturated/α-hetero) is 1. The van der Waals surface area contributed by atoms with E-state index in [1.54, 1.807) is 6.07 Å². The minimum absolute atomic E-state index is 0.0204. The van der Waals surface area contributed by atoms with E-state index in [1.807, 2.05) is 0 Å². The molecule has 0 atom stereocenters. The van der Waals surface area contributed by atoms with E-state index >= 15 is 0 Å². The summed E-state index contributed by atoms with van der Waals surface area (Å²) in [5.41, 5.74) is 0.192. The Balaban J connectivity index is 2.04. The SMILES string of the molecule is O=C(COc1ccc(Br)cc1F)c1cccc(F)c1. The Labute approximate surface area is 117 Å². The van der Waals surface area contributed by atoms with Crippen LogP contribution in [0.5, 0.6) is 5.75 Å². The standard InChI is InChI=1S/C14H9BrF2O2/c15-10-4-5-14(12(17)7-10)19-8-13(18)9-2-1-3-11(16)6-9/h1-7H,8H2. The summed E-state index contributed by atoms with van der Waals surface area (Å²) in [7, 11) is 0. The number of ketones is 1. The maximum absolute atomic E-state index is 13.4. The number of benzene rings is 2. The third-order valence-corrected chi connectivity index (χ3v) is 2.89. The first-order chi connectivity index (χ1) is 9.06. The molecule has 2 aromatic rings. The highest BCUT2D eigenvalue weighted by Crippen LogP contribution is 2.21. The number of carbonyl (C=O) groups is 1. The summed E-state index contributed by atoms with van der Waals surface area (Å²) in [5.74, 6) is -1.50. The van der Waals surface area contributed by atoms with Crippen molar-refractivity contribution in [1.29, 1.82) is 0 Å². The molecule has 0 saturated heterocycles. The molecular formula is C14H9BrF2O2. The smallest absolute Gasteiger partial charge is 0.200 e. The van der Waals surface area contributed by atoms with Gasteiger partial charge in [-0.15, -0.1) is 0 Å². The quantitative estimate of drug-likeness (QED) is 0.794. The Hall–Kier alpha value is -1.75. The molecule has 0 unspecified atom stereocenters. The van der Waals surface area contributed by atoms with Gasteiger partial charge in [-0.25, -0.2) is 8.78 Å². The zero-order chi connectivity index (χ0) is 13.8. The molecule has 0 aliphatic heterocycles. The van der Waals surface area contributed by atoms with E-state index in [1.165, 1.54) is 30.3 Å². The second-order valence-electron chi connectivity index (χ2n) is 3.80. The third-order valence-electron chi connectivity index (χ3n) is 2.40. The molecule has 5 heteroatoms. The molecule has 0 amide bonds. The monoisotopic (exact) mass is 326 g/mol. The first-order valence-corrected chi connectivity index (χ1v) is 6.22. The van der Waals surface area contributed by atoms with Gasteiger partial charge in [0.15, 0.2) is 24.0 Å². The Morgan fingerprint density at radius 3 is 2.63 bits per heavy atom. The van der Waals surface area contributed by atoms with E-state index in [4.69, 9.17) is 4.74 Å². The molecule has 19 heavy (non-hydrogen) atoms. The van der Waals surface area contributed by atoms with Crippen molar-refractivity contribution < 1.29 is 18.3 Å². The van der Waals surface area contributed by atoms with Crippen LogP contribution < -0.4 is 4.74 Å². The van der Waals surface area contributed by atoms with E-state index < -0.39 is 17.4 Å². The maximum Gasteiger partial charge on any atom is 0.200 e. The molecule has 0 heterocycles. The van der Waals surface area contributed by atoms with E-state index in [0.29, 0.717) is 4.47 Å². The molecule has 2 aromatic carbocycles. The number of rotatable bonds is 4. The predicted octanol–water partition coefficient (Wildman–Crippen LogP) is 3.99. The van der Waals surface area contributed by atoms with E-state index in [2.05, 4.69) is 15.9 Å². The van der Waals surface area contributed by atoms with Crippen molar-refractivity contribution in [2.75, 3.05) is 6.61 Å². The minimum Gasteiger partial charge on any atom is -0.482 e. The van der Waals surface area contributed by atoms with Crippen LogP contribution in [0, 0.1) is 11.6 Å². The van der Waals surface area contributed by atoms with Crippen LogP contribution in [0.3, 0.4) is 0 Å². The average Bonchev–Trinajstić information content (AvgIpc) is 2.37. The number of carbonyl (C=O) groups excluding carboxylic acids is 1. The van der Waals surface area contributed by atoms with Crippen LogP contribution in [-0.2, 0) is 0 Å². The van der Waals surface area contributed by atoms with Crippen LogP contribution in [0.1, 0.15) is 10.4 Å². The van der Waals surface area contributed by atoms with Crippen molar-refractivity contribution in [3.05, 3.63) is 64.1 Å². The van der Waals surface area contributed by atoms with Gasteiger partial charge in [0.25, 0.3) is 0 Å². The number of ether oxygens (including phenoxy) is 1. The van der Waals surface area contributed by atoms with Crippen molar-refractivity contribution in [2.24, 2.45) is 0 Å². The second-order valence-corrected chi connectivity index (χ2v) is 4.71. The van der Waals surface area contributed by atoms with Gasteiger partial charge in [0.2, 0.25) is 0 Å². The van der Waals surface area contributed by atoms with E-state index in [0.717, 1.165) is 6.07 Å². The summed E-state index contributed by atoms with van der Waals surface area (Å²) in [6.45, 7) is -0.345. The van der Waals surface area contributed by atoms with Gasteiger partial charge in [-0.2, -0.15) is 0 Å². The molecule has 0 bridgehead atoms. The first kappa shape index (κ1) is 13.7. The van der Waals surface area contributed by atoms with E-state index in [-0.39, 0.29) is 17.9 Å². The lowest BCUT2D eigenvalue weighted by molar-refractivity contribution is 0.0918. The molecule has 0 saturated carbocycles. The van der Waals surface area contributed by atoms with Crippen molar-refractivity contribution >= 4 is 21.7 Å². The Morgan fingerprint density at radius 2 is 1.95 bits per heavy atom. The van der Waals surface area contributed by atoms with Crippen LogP contribution in [0.15, 0.2) is 46.9 Å². The lowest BCUT2D eigenvalue weighted by Crippen LogP contribution is -2.12. The van der Waals surface area contributed by atoms with Gasteiger partial charge in [0.1, 0.15) is 5.82 Å². The third kappa shape index (κ3) is 3.61. The van der Waals surface area contributed by atoms with Crippen molar-refractivity contribution in [1.82, 2.24) is 0 Å². The highest BCUT2D eigenvalue weighted by atomic mass is 79.9. The number of halogens is 3. The molecule has 0 fully saturated rings. The molecule has 0 radical (unpaired) electrons. The fourth-order valence-corrected chi connectivity index (χ4v) is 1.81. The Bertz CT molecular complexity index is 614. The average molecular weight is 327 g/mol. The van der Waals surface area contributed by atoms with Gasteiger partial charge in [0, 0.05) is 10.0 Å². The maximum atomic E-state index is 13.4. The fourth-order valence-electron chi connectivity index (χ4n) is 1.48. The van der Waals surface area contributed by atoms with Crippen molar-refractivity contribution in [3.8, 4) is 5.75 Å². The van der Waals surface area contributed by atoms with Gasteiger partial charge < -0.3 is 4.74 Å². The molecule has 0 spiro atoms. The van der Waals surface area contributed by atoms with E-state index in [9.17, 15) is 13.6 Å². The second kappa shape index (κ2) is 5.93. The van der Waals surface area contributed by atoms with Crippen LogP contribution in [-0.4, -0.2) is 12.4 Å². The van der Waals surface area contributed by atoms with Gasteiger partial charge in [0.05, 0.1) is 0 Å². The highest BCUT2D eigenvalue weighted by Gasteiger charge is 2.10. The normalized spacial score (nSPS) is 10.3. The molecule has 0 aromatic heterocycles. The van der Waals surface area contributed by atoms with Gasteiger partial charge in [-0.05, 0) is 30.3 Å². The molecule has 98 valence electrons. The fraction of sp³-hybridized carbons (Fsp3) is 0.0714. The lowest BCUT2D eigenvalue weighted by atomic mass is 10.1. The van der Waals surface area contributed by atoms with Crippen molar-refractivity contribution in [2.45, 2.75) is 0 Å². The van der Waals surface area contributed by atoms with Crippen LogP contribution in [0.4, 0.5) is 8.78 Å². The Kier molecular flexibility index (Phi) is 4.27. The molecule has 0 aliphatic rings. The lowest BCUT2D eigenvalue weighted by Gasteiger charge is -2.07. The van der Waals surface area contributed by atoms with Crippen LogP contribution in [0.25, 0.3) is 0 Å². The summed E-state index contributed by atoms with van der Waals surface area (Å²) >= 11 is 3.12. The van der Waals surface area contributed by atoms with Crippen LogP contribution >= 0.6 is 15.9 Å². The highest BCUT2D eigenvalue weighted by molar-refractivity contribution is 9.10. The molecular weight excluding hydrogens is 318 g/mol. The molecule has 0 aliphatic carbocycles. The largest absolute Gasteiger partial charge is 0.482 e. The summed E-state index contributed by atoms with van der Waals surface area (Å²) in [6.07, 6.45) is 0. The summed E-state index contributed by atoms with van der Waals surface area (Å²) in [6, 6.07) is 9.52. The van der Waals surface area contributed by atoms with Crippen LogP contribution in [0.2, 0.25) is 0 Å². The van der Waals surface area contributed by atoms with Crippen molar-refractivity contribution in [3.63, 3.8) is 0 Å². The zero-order valence-corrected chi connectivity index (χ0v) is 11.3. The molecule has 2 rings (SSSR count). The minimum atomic E-state index is -0.568. The Morgan fingerprint density at radius 1 is 1.16 bits per heavy atom. The summed E-state index contributed by atoms with van der Waals surface area (Å²) in [5, 5.41) is 0. The van der Waals surface area contributed by atoms with Gasteiger partial charge >= 0.3 is 0 Å². The van der Waals surface area contributed by atoms with Gasteiger partial charge in [-0.3, -0.25) is 4.79 Å². The summed E-state index contributed by atoms with van der Waals surface area (Å²) < 4.78 is 32.0. The molecule has 2 nitrogen and oxygen atoms in total. The topological polar surface area (TPSA) is 26.3 Å².